The summed E-state index contributed by atoms with van der Waals surface area (Å²) in [4.78, 5) is 15.7. The lowest BCUT2D eigenvalue weighted by atomic mass is 10.3. The predicted octanol–water partition coefficient (Wildman–Crippen LogP) is 2.52. The molecule has 0 aliphatic carbocycles. The first-order chi connectivity index (χ1) is 7.56. The first kappa shape index (κ1) is 12.3. The number of carboxylic acid groups (broad SMARTS) is 1. The number of benzene rings is 1. The van der Waals surface area contributed by atoms with Crippen molar-refractivity contribution in [1.29, 1.82) is 0 Å². The first-order valence-electron chi connectivity index (χ1n) is 4.89. The van der Waals surface area contributed by atoms with Crippen molar-refractivity contribution >= 4 is 11.8 Å². The minimum absolute atomic E-state index is 0.0337. The second-order valence-electron chi connectivity index (χ2n) is 3.39. The van der Waals surface area contributed by atoms with Crippen molar-refractivity contribution in [3.63, 3.8) is 0 Å². The molecule has 0 aromatic heterocycles. The number of hydrogen-bond acceptors (Lipinski definition) is 3. The summed E-state index contributed by atoms with van der Waals surface area (Å²) in [5.41, 5.74) is 0.367. The number of para-hydroxylation sites is 2. The standard InChI is InChI=1S/C11H15NO4/c1-8(2)16-10-7-5-4-6-9(10)12(15-3)11(13)14/h4-8H,1-3H3,(H,13,14). The molecule has 1 rings (SSSR count). The summed E-state index contributed by atoms with van der Waals surface area (Å²) in [6.07, 6.45) is -1.23. The monoisotopic (exact) mass is 225 g/mol. The Balaban J connectivity index is 3.05. The van der Waals surface area contributed by atoms with E-state index in [0.717, 1.165) is 5.06 Å². The fraction of sp³-hybridized carbons (Fsp3) is 0.364. The van der Waals surface area contributed by atoms with Gasteiger partial charge >= 0.3 is 6.09 Å². The Labute approximate surface area is 94.2 Å². The van der Waals surface area contributed by atoms with Gasteiger partial charge in [0.1, 0.15) is 11.4 Å². The molecule has 0 heterocycles. The molecule has 0 spiro atoms. The summed E-state index contributed by atoms with van der Waals surface area (Å²) in [6.45, 7) is 3.74. The third-order valence-electron chi connectivity index (χ3n) is 1.80. The molecule has 0 bridgehead atoms. The molecule has 0 atom stereocenters. The van der Waals surface area contributed by atoms with Crippen LogP contribution in [-0.2, 0) is 4.84 Å². The van der Waals surface area contributed by atoms with Crippen molar-refractivity contribution in [2.24, 2.45) is 0 Å². The highest BCUT2D eigenvalue weighted by Crippen LogP contribution is 2.28. The van der Waals surface area contributed by atoms with Crippen LogP contribution in [0.15, 0.2) is 24.3 Å². The average Bonchev–Trinajstić information content (AvgIpc) is 2.20. The number of hydrogen-bond donors (Lipinski definition) is 1. The molecule has 1 aromatic rings. The van der Waals surface area contributed by atoms with E-state index in [-0.39, 0.29) is 6.10 Å². The van der Waals surface area contributed by atoms with Crippen LogP contribution < -0.4 is 9.80 Å². The molecular formula is C11H15NO4. The van der Waals surface area contributed by atoms with Gasteiger partial charge in [-0.2, -0.15) is 0 Å². The summed E-state index contributed by atoms with van der Waals surface area (Å²) in [6, 6.07) is 6.81. The van der Waals surface area contributed by atoms with Gasteiger partial charge in [0.05, 0.1) is 13.2 Å². The normalized spacial score (nSPS) is 10.2. The quantitative estimate of drug-likeness (QED) is 0.800. The zero-order chi connectivity index (χ0) is 12.1. The molecule has 0 fully saturated rings. The lowest BCUT2D eigenvalue weighted by Crippen LogP contribution is -2.28. The zero-order valence-corrected chi connectivity index (χ0v) is 9.51. The molecule has 88 valence electrons. The second kappa shape index (κ2) is 5.37. The van der Waals surface area contributed by atoms with Crippen LogP contribution >= 0.6 is 0 Å². The minimum atomic E-state index is -1.19. The van der Waals surface area contributed by atoms with E-state index in [0.29, 0.717) is 11.4 Å². The van der Waals surface area contributed by atoms with E-state index in [9.17, 15) is 4.79 Å². The van der Waals surface area contributed by atoms with Crippen molar-refractivity contribution in [3.8, 4) is 5.75 Å². The maximum absolute atomic E-state index is 10.9. The summed E-state index contributed by atoms with van der Waals surface area (Å²) in [7, 11) is 1.29. The highest BCUT2D eigenvalue weighted by molar-refractivity contribution is 5.85. The Morgan fingerprint density at radius 1 is 1.38 bits per heavy atom. The number of nitrogens with zero attached hydrogens (tertiary/aromatic N) is 1. The topological polar surface area (TPSA) is 59.0 Å². The molecule has 5 nitrogen and oxygen atoms in total. The third kappa shape index (κ3) is 2.87. The average molecular weight is 225 g/mol. The van der Waals surface area contributed by atoms with Crippen molar-refractivity contribution in [1.82, 2.24) is 0 Å². The maximum Gasteiger partial charge on any atom is 0.436 e. The summed E-state index contributed by atoms with van der Waals surface area (Å²) < 4.78 is 5.49. The molecule has 0 aliphatic heterocycles. The van der Waals surface area contributed by atoms with Gasteiger partial charge in [0.25, 0.3) is 0 Å². The molecule has 0 unspecified atom stereocenters. The van der Waals surface area contributed by atoms with E-state index in [4.69, 9.17) is 14.7 Å². The van der Waals surface area contributed by atoms with Crippen LogP contribution in [-0.4, -0.2) is 24.4 Å². The third-order valence-corrected chi connectivity index (χ3v) is 1.80. The number of hydroxylamine groups is 1. The Hall–Kier alpha value is -1.75. The maximum atomic E-state index is 10.9. The lowest BCUT2D eigenvalue weighted by molar-refractivity contribution is 0.128. The molecule has 0 aliphatic rings. The molecular weight excluding hydrogens is 210 g/mol. The van der Waals surface area contributed by atoms with Gasteiger partial charge in [-0.25, -0.2) is 4.79 Å². The van der Waals surface area contributed by atoms with Gasteiger partial charge in [-0.3, -0.25) is 4.84 Å². The van der Waals surface area contributed by atoms with Crippen molar-refractivity contribution in [2.45, 2.75) is 20.0 Å². The molecule has 1 amide bonds. The van der Waals surface area contributed by atoms with Gasteiger partial charge in [-0.1, -0.05) is 12.1 Å². The van der Waals surface area contributed by atoms with Crippen LogP contribution in [0.3, 0.4) is 0 Å². The number of rotatable bonds is 4. The van der Waals surface area contributed by atoms with Gasteiger partial charge in [-0.15, -0.1) is 5.06 Å². The molecule has 0 saturated heterocycles. The Bertz CT molecular complexity index is 365. The van der Waals surface area contributed by atoms with E-state index in [2.05, 4.69) is 0 Å². The highest BCUT2D eigenvalue weighted by atomic mass is 16.7. The van der Waals surface area contributed by atoms with Crippen LogP contribution in [0.5, 0.6) is 5.75 Å². The van der Waals surface area contributed by atoms with E-state index in [1.54, 1.807) is 24.3 Å². The number of ether oxygens (including phenoxy) is 1. The van der Waals surface area contributed by atoms with E-state index in [1.807, 2.05) is 13.8 Å². The Morgan fingerprint density at radius 2 is 2.00 bits per heavy atom. The first-order valence-corrected chi connectivity index (χ1v) is 4.89. The van der Waals surface area contributed by atoms with Crippen LogP contribution in [0, 0.1) is 0 Å². The van der Waals surface area contributed by atoms with Crippen molar-refractivity contribution in [2.75, 3.05) is 12.2 Å². The summed E-state index contributed by atoms with van der Waals surface area (Å²) in [5.74, 6) is 0.474. The molecule has 0 saturated carbocycles. The number of amides is 1. The molecule has 1 aromatic carbocycles. The smallest absolute Gasteiger partial charge is 0.436 e. The van der Waals surface area contributed by atoms with Crippen LogP contribution in [0.25, 0.3) is 0 Å². The van der Waals surface area contributed by atoms with Gasteiger partial charge in [0.15, 0.2) is 0 Å². The SMILES string of the molecule is CON(C(=O)O)c1ccccc1OC(C)C. The minimum Gasteiger partial charge on any atom is -0.489 e. The fourth-order valence-corrected chi connectivity index (χ4v) is 1.26. The number of carbonyl (C=O) groups is 1. The second-order valence-corrected chi connectivity index (χ2v) is 3.39. The fourth-order valence-electron chi connectivity index (χ4n) is 1.26. The van der Waals surface area contributed by atoms with Gasteiger partial charge < -0.3 is 9.84 Å². The zero-order valence-electron chi connectivity index (χ0n) is 9.51. The summed E-state index contributed by atoms with van der Waals surface area (Å²) >= 11 is 0. The van der Waals surface area contributed by atoms with E-state index < -0.39 is 6.09 Å². The Morgan fingerprint density at radius 3 is 2.50 bits per heavy atom. The Kier molecular flexibility index (Phi) is 4.13. The number of anilines is 1. The molecule has 0 radical (unpaired) electrons. The van der Waals surface area contributed by atoms with Crippen molar-refractivity contribution < 1.29 is 19.5 Å². The van der Waals surface area contributed by atoms with E-state index >= 15 is 0 Å². The molecule has 16 heavy (non-hydrogen) atoms. The van der Waals surface area contributed by atoms with Gasteiger partial charge in [0, 0.05) is 0 Å². The largest absolute Gasteiger partial charge is 0.489 e. The van der Waals surface area contributed by atoms with Gasteiger partial charge in [-0.05, 0) is 26.0 Å². The highest BCUT2D eigenvalue weighted by Gasteiger charge is 2.18. The van der Waals surface area contributed by atoms with Crippen molar-refractivity contribution in [3.05, 3.63) is 24.3 Å². The van der Waals surface area contributed by atoms with E-state index in [1.165, 1.54) is 7.11 Å². The van der Waals surface area contributed by atoms with Crippen LogP contribution in [0.2, 0.25) is 0 Å². The molecule has 1 N–H and O–H groups in total. The van der Waals surface area contributed by atoms with Gasteiger partial charge in [0.2, 0.25) is 0 Å². The summed E-state index contributed by atoms with van der Waals surface area (Å²) in [5, 5.41) is 9.69. The lowest BCUT2D eigenvalue weighted by Gasteiger charge is -2.20. The van der Waals surface area contributed by atoms with Crippen LogP contribution in [0.4, 0.5) is 10.5 Å². The predicted molar refractivity (Wildman–Crippen MR) is 59.7 cm³/mol. The molecule has 5 heteroatoms. The van der Waals surface area contributed by atoms with Crippen LogP contribution in [0.1, 0.15) is 13.8 Å².